The van der Waals surface area contributed by atoms with E-state index in [1.807, 2.05) is 18.2 Å². The van der Waals surface area contributed by atoms with E-state index in [1.165, 1.54) is 6.08 Å². The number of thiocarbonyl (C=S) groups is 1. The number of aliphatic hydroxyl groups excluding tert-OH is 1. The molecule has 0 atom stereocenters. The van der Waals surface area contributed by atoms with Crippen LogP contribution in [0.2, 0.25) is 5.02 Å². The Morgan fingerprint density at radius 1 is 1.42 bits per heavy atom. The van der Waals surface area contributed by atoms with Gasteiger partial charge in [0.25, 0.3) is 0 Å². The zero-order valence-corrected chi connectivity index (χ0v) is 11.8. The maximum atomic E-state index is 11.6. The highest BCUT2D eigenvalue weighted by Gasteiger charge is 2.00. The van der Waals surface area contributed by atoms with Crippen molar-refractivity contribution in [3.63, 3.8) is 0 Å². The van der Waals surface area contributed by atoms with Gasteiger partial charge in [0.2, 0.25) is 5.91 Å². The zero-order chi connectivity index (χ0) is 14.1. The van der Waals surface area contributed by atoms with Crippen molar-refractivity contribution in [1.29, 1.82) is 0 Å². The Labute approximate surface area is 122 Å². The summed E-state index contributed by atoms with van der Waals surface area (Å²) in [7, 11) is 0. The molecule has 0 saturated carbocycles. The first-order valence-corrected chi connectivity index (χ1v) is 6.54. The molecule has 3 N–H and O–H groups in total. The number of halogens is 1. The average Bonchev–Trinajstić information content (AvgIpc) is 2.38. The van der Waals surface area contributed by atoms with Crippen LogP contribution in [0.25, 0.3) is 6.08 Å². The monoisotopic (exact) mass is 298 g/mol. The van der Waals surface area contributed by atoms with E-state index >= 15 is 0 Å². The number of carbonyl (C=O) groups excluding carboxylic acids is 1. The van der Waals surface area contributed by atoms with E-state index in [9.17, 15) is 4.79 Å². The van der Waals surface area contributed by atoms with Crippen molar-refractivity contribution >= 4 is 40.9 Å². The van der Waals surface area contributed by atoms with Gasteiger partial charge < -0.3 is 10.4 Å². The van der Waals surface area contributed by atoms with E-state index in [0.29, 0.717) is 18.0 Å². The molecule has 0 saturated heterocycles. The van der Waals surface area contributed by atoms with Gasteiger partial charge in [-0.15, -0.1) is 0 Å². The van der Waals surface area contributed by atoms with Gasteiger partial charge >= 0.3 is 0 Å². The van der Waals surface area contributed by atoms with Crippen molar-refractivity contribution in [1.82, 2.24) is 10.6 Å². The summed E-state index contributed by atoms with van der Waals surface area (Å²) in [5.41, 5.74) is 0.762. The van der Waals surface area contributed by atoms with Crippen LogP contribution in [-0.2, 0) is 4.79 Å². The highest BCUT2D eigenvalue weighted by molar-refractivity contribution is 7.80. The van der Waals surface area contributed by atoms with E-state index in [4.69, 9.17) is 28.9 Å². The lowest BCUT2D eigenvalue weighted by Crippen LogP contribution is -2.38. The minimum atomic E-state index is -0.332. The lowest BCUT2D eigenvalue weighted by molar-refractivity contribution is -0.115. The van der Waals surface area contributed by atoms with Crippen LogP contribution >= 0.6 is 23.8 Å². The summed E-state index contributed by atoms with van der Waals surface area (Å²) in [6.07, 6.45) is 3.56. The fourth-order valence-corrected chi connectivity index (χ4v) is 1.66. The summed E-state index contributed by atoms with van der Waals surface area (Å²) in [5.74, 6) is -0.332. The van der Waals surface area contributed by atoms with E-state index in [0.717, 1.165) is 5.56 Å². The summed E-state index contributed by atoms with van der Waals surface area (Å²) in [5, 5.41) is 14.7. The van der Waals surface area contributed by atoms with Crippen molar-refractivity contribution in [3.05, 3.63) is 40.9 Å². The van der Waals surface area contributed by atoms with Crippen LogP contribution < -0.4 is 10.6 Å². The van der Waals surface area contributed by atoms with Crippen molar-refractivity contribution in [2.75, 3.05) is 13.2 Å². The molecule has 1 aromatic rings. The molecule has 0 unspecified atom stereocenters. The highest BCUT2D eigenvalue weighted by Crippen LogP contribution is 2.15. The second-order valence-electron chi connectivity index (χ2n) is 3.68. The molecular weight excluding hydrogens is 284 g/mol. The fourth-order valence-electron chi connectivity index (χ4n) is 1.25. The molecule has 1 rings (SSSR count). The first-order chi connectivity index (χ1) is 9.13. The van der Waals surface area contributed by atoms with Gasteiger partial charge in [0.1, 0.15) is 0 Å². The topological polar surface area (TPSA) is 61.4 Å². The van der Waals surface area contributed by atoms with E-state index in [2.05, 4.69) is 10.6 Å². The Hall–Kier alpha value is -1.43. The Morgan fingerprint density at radius 3 is 2.84 bits per heavy atom. The van der Waals surface area contributed by atoms with Gasteiger partial charge in [0.15, 0.2) is 5.11 Å². The number of carbonyl (C=O) groups is 1. The largest absolute Gasteiger partial charge is 0.396 e. The van der Waals surface area contributed by atoms with E-state index in [-0.39, 0.29) is 17.6 Å². The molecule has 0 bridgehead atoms. The van der Waals surface area contributed by atoms with Crippen molar-refractivity contribution in [2.45, 2.75) is 6.42 Å². The summed E-state index contributed by atoms with van der Waals surface area (Å²) in [4.78, 5) is 11.6. The Bertz CT molecular complexity index is 477. The first-order valence-electron chi connectivity index (χ1n) is 5.76. The van der Waals surface area contributed by atoms with Gasteiger partial charge in [-0.1, -0.05) is 29.8 Å². The molecule has 6 heteroatoms. The lowest BCUT2D eigenvalue weighted by atomic mass is 10.2. The summed E-state index contributed by atoms with van der Waals surface area (Å²) < 4.78 is 0. The minimum absolute atomic E-state index is 0.0793. The van der Waals surface area contributed by atoms with Crippen LogP contribution in [0.4, 0.5) is 0 Å². The molecule has 0 heterocycles. The molecule has 0 radical (unpaired) electrons. The van der Waals surface area contributed by atoms with E-state index in [1.54, 1.807) is 12.1 Å². The van der Waals surface area contributed by atoms with Gasteiger partial charge in [-0.25, -0.2) is 0 Å². The molecule has 19 heavy (non-hydrogen) atoms. The summed E-state index contributed by atoms with van der Waals surface area (Å²) >= 11 is 10.9. The van der Waals surface area contributed by atoms with Crippen LogP contribution in [-0.4, -0.2) is 29.3 Å². The standard InChI is InChI=1S/C13H15ClN2O2S/c14-11-5-2-1-4-10(11)6-7-12(18)16-13(19)15-8-3-9-17/h1-2,4-7,17H,3,8-9H2,(H2,15,16,18,19)/b7-6+. The lowest BCUT2D eigenvalue weighted by Gasteiger charge is -2.06. The average molecular weight is 299 g/mol. The predicted octanol–water partition coefficient (Wildman–Crippen LogP) is 1.73. The summed E-state index contributed by atoms with van der Waals surface area (Å²) in [6.45, 7) is 0.597. The Morgan fingerprint density at radius 2 is 2.16 bits per heavy atom. The van der Waals surface area contributed by atoms with Crippen molar-refractivity contribution < 1.29 is 9.90 Å². The normalized spacial score (nSPS) is 10.4. The predicted molar refractivity (Wildman–Crippen MR) is 80.9 cm³/mol. The van der Waals surface area contributed by atoms with E-state index < -0.39 is 0 Å². The van der Waals surface area contributed by atoms with Gasteiger partial charge in [-0.2, -0.15) is 0 Å². The Kier molecular flexibility index (Phi) is 7.10. The molecule has 0 aliphatic rings. The SMILES string of the molecule is O=C(/C=C/c1ccccc1Cl)NC(=S)NCCCO. The smallest absolute Gasteiger partial charge is 0.250 e. The first kappa shape index (κ1) is 15.6. The van der Waals surface area contributed by atoms with Crippen LogP contribution in [0.3, 0.4) is 0 Å². The third-order valence-electron chi connectivity index (χ3n) is 2.18. The zero-order valence-electron chi connectivity index (χ0n) is 10.2. The number of hydrogen-bond acceptors (Lipinski definition) is 3. The Balaban J connectivity index is 2.43. The molecule has 0 aliphatic heterocycles. The van der Waals surface area contributed by atoms with Gasteiger partial charge in [0.05, 0.1) is 0 Å². The molecule has 0 fully saturated rings. The molecule has 0 aromatic heterocycles. The molecule has 0 spiro atoms. The maximum Gasteiger partial charge on any atom is 0.250 e. The molecule has 1 amide bonds. The number of amides is 1. The summed E-state index contributed by atoms with van der Waals surface area (Å²) in [6, 6.07) is 7.22. The minimum Gasteiger partial charge on any atom is -0.396 e. The van der Waals surface area contributed by atoms with Gasteiger partial charge in [0, 0.05) is 24.3 Å². The van der Waals surface area contributed by atoms with Gasteiger partial charge in [-0.3, -0.25) is 10.1 Å². The van der Waals surface area contributed by atoms with Crippen LogP contribution in [0, 0.1) is 0 Å². The number of benzene rings is 1. The second kappa shape index (κ2) is 8.63. The van der Waals surface area contributed by atoms with Crippen LogP contribution in [0.15, 0.2) is 30.3 Å². The fraction of sp³-hybridized carbons (Fsp3) is 0.231. The molecule has 0 aliphatic carbocycles. The molecule has 4 nitrogen and oxygen atoms in total. The second-order valence-corrected chi connectivity index (χ2v) is 4.49. The number of hydrogen-bond donors (Lipinski definition) is 3. The molecular formula is C13H15ClN2O2S. The third-order valence-corrected chi connectivity index (χ3v) is 2.77. The molecule has 1 aromatic carbocycles. The van der Waals surface area contributed by atoms with Crippen molar-refractivity contribution in [3.8, 4) is 0 Å². The van der Waals surface area contributed by atoms with Crippen LogP contribution in [0.5, 0.6) is 0 Å². The molecule has 102 valence electrons. The van der Waals surface area contributed by atoms with Crippen LogP contribution in [0.1, 0.15) is 12.0 Å². The number of rotatable bonds is 5. The van der Waals surface area contributed by atoms with Gasteiger partial charge in [-0.05, 0) is 36.3 Å². The maximum absolute atomic E-state index is 11.6. The number of nitrogens with one attached hydrogen (secondary N) is 2. The van der Waals surface area contributed by atoms with Crippen molar-refractivity contribution in [2.24, 2.45) is 0 Å². The highest BCUT2D eigenvalue weighted by atomic mass is 35.5. The quantitative estimate of drug-likeness (QED) is 0.440. The number of aliphatic hydroxyl groups is 1. The third kappa shape index (κ3) is 6.33.